The first kappa shape index (κ1) is 19.4. The third kappa shape index (κ3) is 4.68. The minimum absolute atomic E-state index is 0. The van der Waals surface area contributed by atoms with Gasteiger partial charge in [-0.2, -0.15) is 0 Å². The zero-order chi connectivity index (χ0) is 15.7. The first-order valence-electron chi connectivity index (χ1n) is 6.77. The maximum atomic E-state index is 12.4. The molecule has 0 aromatic heterocycles. The Bertz CT molecular complexity index is 618. The van der Waals surface area contributed by atoms with Crippen LogP contribution >= 0.6 is 28.3 Å². The summed E-state index contributed by atoms with van der Waals surface area (Å²) in [5.41, 5.74) is 5.73. The highest BCUT2D eigenvalue weighted by Gasteiger charge is 2.33. The minimum atomic E-state index is -2.93. The van der Waals surface area contributed by atoms with Crippen molar-refractivity contribution in [1.29, 1.82) is 0 Å². The third-order valence-electron chi connectivity index (χ3n) is 3.81. The Balaban J connectivity index is 0.00000242. The lowest BCUT2D eigenvalue weighted by molar-refractivity contribution is -0.126. The molecule has 5 nitrogen and oxygen atoms in total. The summed E-state index contributed by atoms with van der Waals surface area (Å²) in [6.07, 6.45) is 0.898. The Morgan fingerprint density at radius 2 is 1.77 bits per heavy atom. The second-order valence-corrected chi connectivity index (χ2v) is 8.83. The van der Waals surface area contributed by atoms with Gasteiger partial charge in [0.2, 0.25) is 5.91 Å². The quantitative estimate of drug-likeness (QED) is 0.793. The van der Waals surface area contributed by atoms with Gasteiger partial charge in [-0.25, -0.2) is 8.42 Å². The first-order chi connectivity index (χ1) is 9.71. The summed E-state index contributed by atoms with van der Waals surface area (Å²) in [6.45, 7) is 1.66. The van der Waals surface area contributed by atoms with Crippen LogP contribution in [0.2, 0.25) is 0 Å². The van der Waals surface area contributed by atoms with E-state index in [1.807, 2.05) is 12.1 Å². The van der Waals surface area contributed by atoms with Crippen LogP contribution in [-0.2, 0) is 20.2 Å². The highest BCUT2D eigenvalue weighted by atomic mass is 79.9. The number of hydrogen-bond acceptors (Lipinski definition) is 4. The average Bonchev–Trinajstić information content (AvgIpc) is 2.41. The largest absolute Gasteiger partial charge is 0.351 e. The number of benzene rings is 1. The van der Waals surface area contributed by atoms with Gasteiger partial charge in [-0.05, 0) is 37.5 Å². The Hall–Kier alpha value is -0.630. The summed E-state index contributed by atoms with van der Waals surface area (Å²) >= 11 is 3.34. The number of carbonyl (C=O) groups is 1. The van der Waals surface area contributed by atoms with E-state index in [9.17, 15) is 13.2 Å². The van der Waals surface area contributed by atoms with Crippen LogP contribution in [0, 0.1) is 0 Å². The van der Waals surface area contributed by atoms with Crippen molar-refractivity contribution in [3.8, 4) is 0 Å². The molecule has 0 aliphatic carbocycles. The lowest BCUT2D eigenvalue weighted by Gasteiger charge is -2.29. The zero-order valence-corrected chi connectivity index (χ0v) is 15.4. The van der Waals surface area contributed by atoms with Crippen molar-refractivity contribution in [3.63, 3.8) is 0 Å². The molecule has 0 bridgehead atoms. The van der Waals surface area contributed by atoms with Gasteiger partial charge in [0.25, 0.3) is 0 Å². The predicted molar refractivity (Wildman–Crippen MR) is 92.7 cm³/mol. The molecule has 1 saturated heterocycles. The van der Waals surface area contributed by atoms with Crippen molar-refractivity contribution in [2.45, 2.75) is 31.3 Å². The molecule has 1 atom stereocenters. The van der Waals surface area contributed by atoms with Crippen LogP contribution in [0.4, 0.5) is 0 Å². The minimum Gasteiger partial charge on any atom is -0.351 e. The van der Waals surface area contributed by atoms with E-state index < -0.39 is 15.4 Å². The van der Waals surface area contributed by atoms with Crippen molar-refractivity contribution < 1.29 is 13.2 Å². The molecule has 1 heterocycles. The molecule has 1 aromatic carbocycles. The van der Waals surface area contributed by atoms with Crippen molar-refractivity contribution in [1.82, 2.24) is 5.32 Å². The normalized spacial score (nSPS) is 20.5. The van der Waals surface area contributed by atoms with Gasteiger partial charge in [-0.15, -0.1) is 12.4 Å². The van der Waals surface area contributed by atoms with Crippen LogP contribution in [0.25, 0.3) is 0 Å². The maximum Gasteiger partial charge on any atom is 0.244 e. The Morgan fingerprint density at radius 1 is 1.27 bits per heavy atom. The highest BCUT2D eigenvalue weighted by molar-refractivity contribution is 9.10. The predicted octanol–water partition coefficient (Wildman–Crippen LogP) is 1.74. The molecule has 22 heavy (non-hydrogen) atoms. The van der Waals surface area contributed by atoms with Gasteiger partial charge >= 0.3 is 0 Å². The second-order valence-electron chi connectivity index (χ2n) is 5.61. The van der Waals surface area contributed by atoms with E-state index in [2.05, 4.69) is 21.2 Å². The molecular weight excluding hydrogens is 392 g/mol. The van der Waals surface area contributed by atoms with Crippen LogP contribution < -0.4 is 11.1 Å². The van der Waals surface area contributed by atoms with Crippen molar-refractivity contribution in [2.24, 2.45) is 5.73 Å². The molecular formula is C14H20BrClN2O3S. The van der Waals surface area contributed by atoms with Crippen LogP contribution in [0.15, 0.2) is 28.7 Å². The van der Waals surface area contributed by atoms with Crippen molar-refractivity contribution >= 4 is 44.1 Å². The lowest BCUT2D eigenvalue weighted by atomic mass is 9.91. The molecule has 2 rings (SSSR count). The number of nitrogens with two attached hydrogens (primary N) is 1. The number of rotatable bonds is 3. The molecule has 0 spiro atoms. The molecule has 0 radical (unpaired) electrons. The third-order valence-corrected chi connectivity index (χ3v) is 6.05. The molecule has 1 aliphatic heterocycles. The molecule has 124 valence electrons. The molecule has 8 heteroatoms. The Morgan fingerprint density at radius 3 is 2.27 bits per heavy atom. The van der Waals surface area contributed by atoms with Gasteiger partial charge in [0.1, 0.15) is 15.4 Å². The van der Waals surface area contributed by atoms with Crippen LogP contribution in [0.1, 0.15) is 25.3 Å². The van der Waals surface area contributed by atoms with E-state index in [0.717, 1.165) is 4.47 Å². The summed E-state index contributed by atoms with van der Waals surface area (Å²) in [4.78, 5) is 12.4. The summed E-state index contributed by atoms with van der Waals surface area (Å²) in [5, 5.41) is 2.87. The Kier molecular flexibility index (Phi) is 6.44. The molecule has 3 N–H and O–H groups in total. The molecule has 1 fully saturated rings. The number of hydrogen-bond donors (Lipinski definition) is 2. The number of amides is 1. The monoisotopic (exact) mass is 410 g/mol. The zero-order valence-electron chi connectivity index (χ0n) is 12.2. The summed E-state index contributed by atoms with van der Waals surface area (Å²) in [7, 11) is -2.93. The van der Waals surface area contributed by atoms with E-state index in [-0.39, 0.29) is 35.9 Å². The number of halogens is 2. The average molecular weight is 412 g/mol. The van der Waals surface area contributed by atoms with Gasteiger partial charge in [-0.1, -0.05) is 28.1 Å². The van der Waals surface area contributed by atoms with Crippen molar-refractivity contribution in [2.75, 3.05) is 11.5 Å². The number of nitrogens with one attached hydrogen (secondary N) is 1. The molecule has 1 aliphatic rings. The smallest absolute Gasteiger partial charge is 0.244 e. The van der Waals surface area contributed by atoms with E-state index in [4.69, 9.17) is 5.73 Å². The van der Waals surface area contributed by atoms with Crippen LogP contribution in [0.3, 0.4) is 0 Å². The van der Waals surface area contributed by atoms with E-state index in [0.29, 0.717) is 18.4 Å². The van der Waals surface area contributed by atoms with Gasteiger partial charge < -0.3 is 11.1 Å². The molecule has 0 saturated carbocycles. The van der Waals surface area contributed by atoms with Crippen LogP contribution in [-0.4, -0.2) is 31.9 Å². The first-order valence-corrected chi connectivity index (χ1v) is 9.38. The van der Waals surface area contributed by atoms with E-state index >= 15 is 0 Å². The SMILES string of the molecule is CC(N)(C(=O)NC1CCS(=O)(=O)CC1)c1ccc(Br)cc1.Cl. The number of carbonyl (C=O) groups excluding carboxylic acids is 1. The summed E-state index contributed by atoms with van der Waals surface area (Å²) in [5.74, 6) is -0.0382. The fraction of sp³-hybridized carbons (Fsp3) is 0.500. The fourth-order valence-electron chi connectivity index (χ4n) is 2.30. The van der Waals surface area contributed by atoms with Gasteiger partial charge in [0.15, 0.2) is 0 Å². The maximum absolute atomic E-state index is 12.4. The van der Waals surface area contributed by atoms with Crippen molar-refractivity contribution in [3.05, 3.63) is 34.3 Å². The van der Waals surface area contributed by atoms with Gasteiger partial charge in [-0.3, -0.25) is 4.79 Å². The topological polar surface area (TPSA) is 89.3 Å². The summed E-state index contributed by atoms with van der Waals surface area (Å²) < 4.78 is 23.7. The lowest BCUT2D eigenvalue weighted by Crippen LogP contribution is -2.53. The van der Waals surface area contributed by atoms with Gasteiger partial charge in [0, 0.05) is 10.5 Å². The van der Waals surface area contributed by atoms with Gasteiger partial charge in [0.05, 0.1) is 11.5 Å². The molecule has 1 unspecified atom stereocenters. The second kappa shape index (κ2) is 7.29. The summed E-state index contributed by atoms with van der Waals surface area (Å²) in [6, 6.07) is 7.14. The molecule has 1 amide bonds. The Labute approximate surface area is 145 Å². The standard InChI is InChI=1S/C14H19BrN2O3S.ClH/c1-14(16,10-2-4-11(15)5-3-10)13(18)17-12-6-8-21(19,20)9-7-12;/h2-5,12H,6-9,16H2,1H3,(H,17,18);1H. The molecule has 1 aromatic rings. The fourth-order valence-corrected chi connectivity index (χ4v) is 4.05. The van der Waals surface area contributed by atoms with E-state index in [1.54, 1.807) is 19.1 Å². The van der Waals surface area contributed by atoms with Crippen LogP contribution in [0.5, 0.6) is 0 Å². The number of sulfone groups is 1. The highest BCUT2D eigenvalue weighted by Crippen LogP contribution is 2.22. The van der Waals surface area contributed by atoms with E-state index in [1.165, 1.54) is 0 Å².